The lowest BCUT2D eigenvalue weighted by Gasteiger charge is -2.08. The first-order chi connectivity index (χ1) is 9.40. The van der Waals surface area contributed by atoms with E-state index in [9.17, 15) is 14.4 Å². The Morgan fingerprint density at radius 1 is 1.30 bits per heavy atom. The van der Waals surface area contributed by atoms with Gasteiger partial charge in [-0.2, -0.15) is 0 Å². The van der Waals surface area contributed by atoms with E-state index < -0.39 is 18.0 Å². The first-order valence-electron chi connectivity index (χ1n) is 5.97. The molecule has 0 fully saturated rings. The van der Waals surface area contributed by atoms with Crippen molar-refractivity contribution in [2.45, 2.75) is 19.4 Å². The van der Waals surface area contributed by atoms with Gasteiger partial charge in [0.25, 0.3) is 5.91 Å². The Bertz CT molecular complexity index is 515. The van der Waals surface area contributed by atoms with Crippen LogP contribution in [0.2, 0.25) is 0 Å². The Balaban J connectivity index is 2.55. The smallest absolute Gasteiger partial charge is 0.332 e. The summed E-state index contributed by atoms with van der Waals surface area (Å²) in [7, 11) is 0. The van der Waals surface area contributed by atoms with Crippen LogP contribution >= 0.6 is 0 Å². The van der Waals surface area contributed by atoms with Crippen LogP contribution in [0.5, 0.6) is 0 Å². The fraction of sp³-hybridized carbons (Fsp3) is 0.308. The zero-order chi connectivity index (χ0) is 15.1. The molecular formula is C13H16N2O5. The number of carbonyl (C=O) groups excluding carboxylic acids is 2. The van der Waals surface area contributed by atoms with Crippen LogP contribution in [-0.4, -0.2) is 40.6 Å². The average Bonchev–Trinajstić information content (AvgIpc) is 2.37. The Labute approximate surface area is 115 Å². The molecule has 0 spiro atoms. The zero-order valence-electron chi connectivity index (χ0n) is 10.9. The van der Waals surface area contributed by atoms with Crippen molar-refractivity contribution in [2.24, 2.45) is 0 Å². The normalized spacial score (nSPS) is 11.5. The third kappa shape index (κ3) is 5.07. The molecule has 108 valence electrons. The number of nitrogens with one attached hydrogen (secondary N) is 2. The summed E-state index contributed by atoms with van der Waals surface area (Å²) in [5, 5.41) is 22.6. The molecule has 1 rings (SSSR count). The molecule has 0 aliphatic heterocycles. The highest BCUT2D eigenvalue weighted by molar-refractivity contribution is 5.96. The van der Waals surface area contributed by atoms with E-state index in [0.717, 1.165) is 0 Å². The molecule has 0 radical (unpaired) electrons. The lowest BCUT2D eigenvalue weighted by Crippen LogP contribution is -2.30. The number of carbonyl (C=O) groups is 3. The Morgan fingerprint density at radius 2 is 2.00 bits per heavy atom. The van der Waals surface area contributed by atoms with E-state index in [1.165, 1.54) is 13.0 Å². The van der Waals surface area contributed by atoms with E-state index in [2.05, 4.69) is 10.6 Å². The van der Waals surface area contributed by atoms with Gasteiger partial charge in [-0.15, -0.1) is 0 Å². The van der Waals surface area contributed by atoms with Crippen molar-refractivity contribution in [2.75, 3.05) is 11.9 Å². The van der Waals surface area contributed by atoms with E-state index in [1.807, 2.05) is 0 Å². The summed E-state index contributed by atoms with van der Waals surface area (Å²) in [5.74, 6) is -1.98. The van der Waals surface area contributed by atoms with Crippen LogP contribution in [0, 0.1) is 0 Å². The zero-order valence-corrected chi connectivity index (χ0v) is 10.9. The Kier molecular flexibility index (Phi) is 5.67. The van der Waals surface area contributed by atoms with Crippen molar-refractivity contribution in [3.05, 3.63) is 29.8 Å². The van der Waals surface area contributed by atoms with Gasteiger partial charge in [0.15, 0.2) is 6.10 Å². The van der Waals surface area contributed by atoms with Crippen molar-refractivity contribution >= 4 is 23.5 Å². The summed E-state index contributed by atoms with van der Waals surface area (Å²) in [6.45, 7) is 1.40. The number of carboxylic acid groups (broad SMARTS) is 1. The molecule has 0 bridgehead atoms. The quantitative estimate of drug-likeness (QED) is 0.594. The summed E-state index contributed by atoms with van der Waals surface area (Å²) in [4.78, 5) is 33.1. The number of rotatable bonds is 6. The molecule has 0 aliphatic rings. The number of amides is 2. The molecule has 1 aromatic rings. The lowest BCUT2D eigenvalue weighted by molar-refractivity contribution is -0.146. The number of hydrogen-bond donors (Lipinski definition) is 4. The number of hydrogen-bond acceptors (Lipinski definition) is 4. The predicted molar refractivity (Wildman–Crippen MR) is 71.3 cm³/mol. The highest BCUT2D eigenvalue weighted by Gasteiger charge is 2.13. The molecule has 2 amide bonds. The molecule has 1 atom stereocenters. The van der Waals surface area contributed by atoms with Crippen molar-refractivity contribution in [1.82, 2.24) is 5.32 Å². The number of anilines is 1. The maximum atomic E-state index is 11.8. The second kappa shape index (κ2) is 7.25. The van der Waals surface area contributed by atoms with Crippen LogP contribution in [0.15, 0.2) is 24.3 Å². The Hall–Kier alpha value is -2.41. The van der Waals surface area contributed by atoms with Crippen LogP contribution in [-0.2, 0) is 9.59 Å². The van der Waals surface area contributed by atoms with E-state index in [-0.39, 0.29) is 18.9 Å². The summed E-state index contributed by atoms with van der Waals surface area (Å²) < 4.78 is 0. The number of aliphatic carboxylic acids is 1. The topological polar surface area (TPSA) is 116 Å². The average molecular weight is 280 g/mol. The van der Waals surface area contributed by atoms with Gasteiger partial charge in [0.05, 0.1) is 0 Å². The highest BCUT2D eigenvalue weighted by Crippen LogP contribution is 2.10. The summed E-state index contributed by atoms with van der Waals surface area (Å²) in [6, 6.07) is 6.33. The molecular weight excluding hydrogens is 264 g/mol. The molecule has 0 saturated heterocycles. The van der Waals surface area contributed by atoms with Crippen LogP contribution in [0.1, 0.15) is 23.7 Å². The third-order valence-electron chi connectivity index (χ3n) is 2.43. The van der Waals surface area contributed by atoms with Gasteiger partial charge in [-0.1, -0.05) is 6.07 Å². The number of benzene rings is 1. The van der Waals surface area contributed by atoms with E-state index >= 15 is 0 Å². The van der Waals surface area contributed by atoms with Gasteiger partial charge < -0.3 is 20.8 Å². The molecule has 1 unspecified atom stereocenters. The van der Waals surface area contributed by atoms with Gasteiger partial charge in [0.1, 0.15) is 0 Å². The summed E-state index contributed by atoms with van der Waals surface area (Å²) in [5.41, 5.74) is 0.830. The summed E-state index contributed by atoms with van der Waals surface area (Å²) >= 11 is 0. The van der Waals surface area contributed by atoms with Crippen LogP contribution < -0.4 is 10.6 Å². The third-order valence-corrected chi connectivity index (χ3v) is 2.43. The molecule has 0 heterocycles. The maximum absolute atomic E-state index is 11.8. The van der Waals surface area contributed by atoms with Gasteiger partial charge >= 0.3 is 5.97 Å². The van der Waals surface area contributed by atoms with Crippen molar-refractivity contribution < 1.29 is 24.6 Å². The molecule has 0 aromatic heterocycles. The van der Waals surface area contributed by atoms with E-state index in [0.29, 0.717) is 11.3 Å². The lowest BCUT2D eigenvalue weighted by atomic mass is 10.2. The van der Waals surface area contributed by atoms with Gasteiger partial charge in [-0.05, 0) is 18.2 Å². The molecule has 0 aliphatic carbocycles. The van der Waals surface area contributed by atoms with Gasteiger partial charge in [0, 0.05) is 31.1 Å². The fourth-order valence-electron chi connectivity index (χ4n) is 1.49. The van der Waals surface area contributed by atoms with Crippen molar-refractivity contribution in [1.29, 1.82) is 0 Å². The first-order valence-corrected chi connectivity index (χ1v) is 5.97. The highest BCUT2D eigenvalue weighted by atomic mass is 16.4. The van der Waals surface area contributed by atoms with E-state index in [1.54, 1.807) is 18.2 Å². The van der Waals surface area contributed by atoms with Crippen LogP contribution in [0.4, 0.5) is 5.69 Å². The minimum absolute atomic E-state index is 0.0384. The SMILES string of the molecule is CC(=O)Nc1cccc(C(=O)NCCC(O)C(=O)O)c1. The fourth-order valence-corrected chi connectivity index (χ4v) is 1.49. The van der Waals surface area contributed by atoms with Crippen LogP contribution in [0.3, 0.4) is 0 Å². The van der Waals surface area contributed by atoms with Crippen LogP contribution in [0.25, 0.3) is 0 Å². The standard InChI is InChI=1S/C13H16N2O5/c1-8(16)15-10-4-2-3-9(7-10)12(18)14-6-5-11(17)13(19)20/h2-4,7,11,17H,5-6H2,1H3,(H,14,18)(H,15,16)(H,19,20). The predicted octanol–water partition coefficient (Wildman–Crippen LogP) is 0.210. The minimum Gasteiger partial charge on any atom is -0.479 e. The van der Waals surface area contributed by atoms with Crippen molar-refractivity contribution in [3.63, 3.8) is 0 Å². The monoisotopic (exact) mass is 280 g/mol. The molecule has 1 aromatic carbocycles. The number of aliphatic hydroxyl groups excluding tert-OH is 1. The molecule has 7 nitrogen and oxygen atoms in total. The second-order valence-electron chi connectivity index (χ2n) is 4.16. The maximum Gasteiger partial charge on any atom is 0.332 e. The van der Waals surface area contributed by atoms with Crippen molar-refractivity contribution in [3.8, 4) is 0 Å². The molecule has 7 heteroatoms. The molecule has 0 saturated carbocycles. The Morgan fingerprint density at radius 3 is 2.60 bits per heavy atom. The second-order valence-corrected chi connectivity index (χ2v) is 4.16. The van der Waals surface area contributed by atoms with Gasteiger partial charge in [0.2, 0.25) is 5.91 Å². The molecule has 4 N–H and O–H groups in total. The number of aliphatic hydroxyl groups is 1. The van der Waals surface area contributed by atoms with Gasteiger partial charge in [-0.3, -0.25) is 9.59 Å². The first kappa shape index (κ1) is 15.6. The minimum atomic E-state index is -1.50. The van der Waals surface area contributed by atoms with E-state index in [4.69, 9.17) is 10.2 Å². The molecule has 20 heavy (non-hydrogen) atoms. The van der Waals surface area contributed by atoms with Gasteiger partial charge in [-0.25, -0.2) is 4.79 Å². The summed E-state index contributed by atoms with van der Waals surface area (Å²) in [6.07, 6.45) is -1.58. The number of carboxylic acids is 1. The largest absolute Gasteiger partial charge is 0.479 e.